The Bertz CT molecular complexity index is 1240. The lowest BCUT2D eigenvalue weighted by Crippen LogP contribution is -2.29. The van der Waals surface area contributed by atoms with Crippen molar-refractivity contribution in [2.24, 2.45) is 0 Å². The molecule has 2 atom stereocenters. The number of methoxy groups -OCH3 is 2. The summed E-state index contributed by atoms with van der Waals surface area (Å²) >= 11 is 0. The van der Waals surface area contributed by atoms with Crippen LogP contribution in [0.5, 0.6) is 11.5 Å². The fraction of sp³-hybridized carbons (Fsp3) is 0.308. The Kier molecular flexibility index (Phi) is 5.00. The van der Waals surface area contributed by atoms with Crippen molar-refractivity contribution in [1.29, 1.82) is 0 Å². The molecule has 2 heterocycles. The molecule has 1 N–H and O–H groups in total. The van der Waals surface area contributed by atoms with Crippen LogP contribution in [0.15, 0.2) is 58.3 Å². The summed E-state index contributed by atoms with van der Waals surface area (Å²) in [4.78, 5) is 13.6. The Morgan fingerprint density at radius 1 is 1.00 bits per heavy atom. The van der Waals surface area contributed by atoms with Gasteiger partial charge in [0.25, 0.3) is 0 Å². The van der Waals surface area contributed by atoms with Gasteiger partial charge in [0.05, 0.1) is 25.5 Å². The van der Waals surface area contributed by atoms with Crippen molar-refractivity contribution < 1.29 is 18.8 Å². The first-order chi connectivity index (χ1) is 15.5. The minimum Gasteiger partial charge on any atom is -0.493 e. The first kappa shape index (κ1) is 20.4. The second-order valence-electron chi connectivity index (χ2n) is 8.52. The summed E-state index contributed by atoms with van der Waals surface area (Å²) in [5.74, 6) is 1.99. The molecule has 0 saturated heterocycles. The van der Waals surface area contributed by atoms with Crippen LogP contribution < -0.4 is 14.8 Å². The van der Waals surface area contributed by atoms with Crippen LogP contribution in [0.4, 0.5) is 5.88 Å². The summed E-state index contributed by atoms with van der Waals surface area (Å²) in [5.41, 5.74) is 6.79. The molecule has 0 radical (unpaired) electrons. The number of Topliss-reactive ketones (excluding diaryl/α,β-unsaturated/α-hetero) is 1. The first-order valence-electron chi connectivity index (χ1n) is 10.8. The van der Waals surface area contributed by atoms with Crippen LogP contribution in [0.3, 0.4) is 0 Å². The van der Waals surface area contributed by atoms with Gasteiger partial charge >= 0.3 is 0 Å². The van der Waals surface area contributed by atoms with Crippen molar-refractivity contribution >= 4 is 11.7 Å². The van der Waals surface area contributed by atoms with Crippen LogP contribution in [0, 0.1) is 13.8 Å². The zero-order valence-corrected chi connectivity index (χ0v) is 18.7. The molecule has 2 aliphatic rings. The van der Waals surface area contributed by atoms with Gasteiger partial charge in [-0.1, -0.05) is 41.1 Å². The summed E-state index contributed by atoms with van der Waals surface area (Å²) in [6.45, 7) is 4.00. The summed E-state index contributed by atoms with van der Waals surface area (Å²) in [7, 11) is 3.24. The Morgan fingerprint density at radius 3 is 2.56 bits per heavy atom. The highest BCUT2D eigenvalue weighted by Gasteiger charge is 2.41. The highest BCUT2D eigenvalue weighted by Crippen LogP contribution is 2.49. The van der Waals surface area contributed by atoms with Crippen LogP contribution in [0.1, 0.15) is 52.6 Å². The number of benzene rings is 2. The number of allylic oxidation sites excluding steroid dienone is 2. The summed E-state index contributed by atoms with van der Waals surface area (Å²) in [6.07, 6.45) is 1.15. The molecule has 0 bridgehead atoms. The Balaban J connectivity index is 1.58. The predicted molar refractivity (Wildman–Crippen MR) is 121 cm³/mol. The van der Waals surface area contributed by atoms with E-state index in [1.54, 1.807) is 14.2 Å². The minimum absolute atomic E-state index is 0.0392. The molecule has 0 unspecified atom stereocenters. The van der Waals surface area contributed by atoms with Gasteiger partial charge in [0.2, 0.25) is 5.88 Å². The van der Waals surface area contributed by atoms with E-state index in [-0.39, 0.29) is 17.6 Å². The lowest BCUT2D eigenvalue weighted by atomic mass is 9.72. The van der Waals surface area contributed by atoms with E-state index in [0.29, 0.717) is 30.2 Å². The van der Waals surface area contributed by atoms with E-state index in [2.05, 4.69) is 35.6 Å². The smallest absolute Gasteiger partial charge is 0.233 e. The van der Waals surface area contributed by atoms with Crippen LogP contribution in [0.25, 0.3) is 0 Å². The van der Waals surface area contributed by atoms with Crippen LogP contribution in [-0.2, 0) is 4.79 Å². The fourth-order valence-corrected chi connectivity index (χ4v) is 5.00. The predicted octanol–water partition coefficient (Wildman–Crippen LogP) is 5.27. The van der Waals surface area contributed by atoms with Crippen molar-refractivity contribution in [2.45, 2.75) is 38.5 Å². The zero-order chi connectivity index (χ0) is 22.4. The average Bonchev–Trinajstić information content (AvgIpc) is 3.17. The third kappa shape index (κ3) is 3.27. The van der Waals surface area contributed by atoms with Gasteiger partial charge in [0.1, 0.15) is 0 Å². The van der Waals surface area contributed by atoms with Crippen LogP contribution in [0.2, 0.25) is 0 Å². The standard InChI is InChI=1S/C26H26N2O4/c1-14-6-5-7-17(10-14)24-23-15(2)28-32-26(23)27-19-11-18(12-20(29)25(19)24)16-8-9-21(30-3)22(13-16)31-4/h5-10,13,18,24,27H,11-12H2,1-4H3/t18-,24-/m1/s1. The third-order valence-corrected chi connectivity index (χ3v) is 6.51. The number of rotatable bonds is 4. The van der Waals surface area contributed by atoms with Crippen LogP contribution >= 0.6 is 0 Å². The largest absolute Gasteiger partial charge is 0.493 e. The molecule has 0 fully saturated rings. The van der Waals surface area contributed by atoms with E-state index in [1.165, 1.54) is 0 Å². The summed E-state index contributed by atoms with van der Waals surface area (Å²) in [6, 6.07) is 14.2. The first-order valence-corrected chi connectivity index (χ1v) is 10.8. The molecule has 3 aromatic rings. The summed E-state index contributed by atoms with van der Waals surface area (Å²) < 4.78 is 16.5. The highest BCUT2D eigenvalue weighted by molar-refractivity contribution is 6.01. The second-order valence-corrected chi connectivity index (χ2v) is 8.52. The molecule has 2 aromatic carbocycles. The maximum atomic E-state index is 13.6. The van der Waals surface area contributed by atoms with Gasteiger partial charge in [0, 0.05) is 23.6 Å². The molecule has 164 valence electrons. The van der Waals surface area contributed by atoms with Gasteiger partial charge in [-0.05, 0) is 49.4 Å². The average molecular weight is 431 g/mol. The maximum Gasteiger partial charge on any atom is 0.233 e. The molecule has 0 amide bonds. The van der Waals surface area contributed by atoms with Crippen molar-refractivity contribution in [3.8, 4) is 11.5 Å². The minimum atomic E-state index is -0.175. The topological polar surface area (TPSA) is 73.6 Å². The molecule has 1 aliphatic carbocycles. The number of hydrogen-bond donors (Lipinski definition) is 1. The molecule has 1 aromatic heterocycles. The lowest BCUT2D eigenvalue weighted by Gasteiger charge is -2.34. The maximum absolute atomic E-state index is 13.6. The van der Waals surface area contributed by atoms with Crippen LogP contribution in [-0.4, -0.2) is 25.2 Å². The quantitative estimate of drug-likeness (QED) is 0.608. The third-order valence-electron chi connectivity index (χ3n) is 6.51. The van der Waals surface area contributed by atoms with E-state index in [9.17, 15) is 4.79 Å². The molecule has 6 heteroatoms. The number of carbonyl (C=O) groups excluding carboxylic acids is 1. The molecule has 0 spiro atoms. The SMILES string of the molecule is COc1ccc([C@H]2CC(=O)C3=C(C2)Nc2onc(C)c2[C@H]3c2cccc(C)c2)cc1OC. The number of ketones is 1. The second kappa shape index (κ2) is 7.86. The van der Waals surface area contributed by atoms with E-state index < -0.39 is 0 Å². The number of fused-ring (bicyclic) bond motifs is 1. The monoisotopic (exact) mass is 430 g/mol. The van der Waals surface area contributed by atoms with E-state index in [0.717, 1.165) is 39.2 Å². The van der Waals surface area contributed by atoms with Gasteiger partial charge in [-0.15, -0.1) is 0 Å². The van der Waals surface area contributed by atoms with Gasteiger partial charge < -0.3 is 19.3 Å². The molecule has 6 nitrogen and oxygen atoms in total. The van der Waals surface area contributed by atoms with Gasteiger partial charge in [0.15, 0.2) is 17.3 Å². The molecule has 1 aliphatic heterocycles. The number of aromatic nitrogens is 1. The number of aryl methyl sites for hydroxylation is 2. The van der Waals surface area contributed by atoms with E-state index >= 15 is 0 Å². The van der Waals surface area contributed by atoms with Crippen molar-refractivity contribution in [2.75, 3.05) is 19.5 Å². The summed E-state index contributed by atoms with van der Waals surface area (Å²) in [5, 5.41) is 7.58. The normalized spacial score (nSPS) is 19.8. The number of hydrogen-bond acceptors (Lipinski definition) is 6. The molecule has 5 rings (SSSR count). The van der Waals surface area contributed by atoms with E-state index in [1.807, 2.05) is 31.2 Å². The Hall–Kier alpha value is -3.54. The molecule has 32 heavy (non-hydrogen) atoms. The Labute approximate surface area is 187 Å². The fourth-order valence-electron chi connectivity index (χ4n) is 5.00. The number of nitrogens with one attached hydrogen (secondary N) is 1. The van der Waals surface area contributed by atoms with Crippen molar-refractivity contribution in [3.05, 3.63) is 81.7 Å². The van der Waals surface area contributed by atoms with Crippen molar-refractivity contribution in [1.82, 2.24) is 5.16 Å². The number of carbonyl (C=O) groups is 1. The number of anilines is 1. The van der Waals surface area contributed by atoms with Crippen molar-refractivity contribution in [3.63, 3.8) is 0 Å². The van der Waals surface area contributed by atoms with Gasteiger partial charge in [-0.25, -0.2) is 0 Å². The number of ether oxygens (including phenoxy) is 2. The van der Waals surface area contributed by atoms with Gasteiger partial charge in [-0.3, -0.25) is 4.79 Å². The molecule has 0 saturated carbocycles. The molecular formula is C26H26N2O4. The highest BCUT2D eigenvalue weighted by atomic mass is 16.5. The Morgan fingerprint density at radius 2 is 1.81 bits per heavy atom. The van der Waals surface area contributed by atoms with E-state index in [4.69, 9.17) is 14.0 Å². The molecular weight excluding hydrogens is 404 g/mol. The number of nitrogens with zero attached hydrogens (tertiary/aromatic N) is 1. The van der Waals surface area contributed by atoms with Gasteiger partial charge in [-0.2, -0.15) is 0 Å². The lowest BCUT2D eigenvalue weighted by molar-refractivity contribution is -0.116. The zero-order valence-electron chi connectivity index (χ0n) is 18.7.